The molecule has 2 heterocycles. The number of pyridine rings is 2. The molecular formula is C18H15N2O3-. The number of aryl methyl sites for hydroxylation is 1. The fraction of sp³-hybridized carbons (Fsp3) is 0.167. The number of benzene rings is 1. The summed E-state index contributed by atoms with van der Waals surface area (Å²) < 4.78 is 1.66. The fourth-order valence-corrected chi connectivity index (χ4v) is 2.59. The average molecular weight is 307 g/mol. The van der Waals surface area contributed by atoms with E-state index in [1.165, 1.54) is 6.20 Å². The van der Waals surface area contributed by atoms with Crippen molar-refractivity contribution in [1.82, 2.24) is 9.55 Å². The second-order valence-electron chi connectivity index (χ2n) is 5.28. The summed E-state index contributed by atoms with van der Waals surface area (Å²) in [5, 5.41) is 11.4. The van der Waals surface area contributed by atoms with Gasteiger partial charge >= 0.3 is 0 Å². The number of carbonyl (C=O) groups excluding carboxylic acids is 1. The van der Waals surface area contributed by atoms with Crippen molar-refractivity contribution in [1.29, 1.82) is 0 Å². The lowest BCUT2D eigenvalue weighted by Crippen LogP contribution is -2.30. The molecule has 0 bridgehead atoms. The second-order valence-corrected chi connectivity index (χ2v) is 5.28. The molecule has 1 aromatic carbocycles. The number of hydrogen-bond donors (Lipinski definition) is 0. The van der Waals surface area contributed by atoms with Gasteiger partial charge in [0.15, 0.2) is 5.43 Å². The topological polar surface area (TPSA) is 75.0 Å². The Bertz CT molecular complexity index is 930. The molecule has 3 rings (SSSR count). The van der Waals surface area contributed by atoms with E-state index in [9.17, 15) is 14.7 Å². The van der Waals surface area contributed by atoms with Crippen LogP contribution in [0.2, 0.25) is 0 Å². The van der Waals surface area contributed by atoms with Crippen molar-refractivity contribution in [2.75, 3.05) is 0 Å². The van der Waals surface area contributed by atoms with Crippen molar-refractivity contribution < 1.29 is 9.90 Å². The van der Waals surface area contributed by atoms with Gasteiger partial charge in [0.25, 0.3) is 0 Å². The van der Waals surface area contributed by atoms with Crippen LogP contribution in [0, 0.1) is 0 Å². The van der Waals surface area contributed by atoms with E-state index in [4.69, 9.17) is 0 Å². The van der Waals surface area contributed by atoms with E-state index in [2.05, 4.69) is 4.98 Å². The Morgan fingerprint density at radius 1 is 1.17 bits per heavy atom. The number of aromatic carboxylic acids is 1. The highest BCUT2D eigenvalue weighted by Gasteiger charge is 2.11. The highest BCUT2D eigenvalue weighted by atomic mass is 16.4. The summed E-state index contributed by atoms with van der Waals surface area (Å²) in [5.74, 6) is -1.47. The van der Waals surface area contributed by atoms with Crippen LogP contribution in [-0.2, 0) is 13.0 Å². The molecule has 5 heteroatoms. The number of rotatable bonds is 4. The minimum Gasteiger partial charge on any atom is -0.545 e. The molecule has 0 atom stereocenters. The monoisotopic (exact) mass is 307 g/mol. The first-order chi connectivity index (χ1) is 11.1. The minimum atomic E-state index is -1.47. The summed E-state index contributed by atoms with van der Waals surface area (Å²) >= 11 is 0. The van der Waals surface area contributed by atoms with Gasteiger partial charge in [-0.15, -0.1) is 0 Å². The third-order valence-electron chi connectivity index (χ3n) is 3.77. The second kappa shape index (κ2) is 6.04. The lowest BCUT2D eigenvalue weighted by molar-refractivity contribution is -0.255. The highest BCUT2D eigenvalue weighted by Crippen LogP contribution is 2.14. The Labute approximate surface area is 132 Å². The van der Waals surface area contributed by atoms with E-state index < -0.39 is 11.4 Å². The normalized spacial score (nSPS) is 10.8. The van der Waals surface area contributed by atoms with E-state index in [0.717, 1.165) is 11.3 Å². The average Bonchev–Trinajstić information content (AvgIpc) is 2.56. The molecule has 5 nitrogen and oxygen atoms in total. The first-order valence-electron chi connectivity index (χ1n) is 7.38. The maximum absolute atomic E-state index is 12.2. The van der Waals surface area contributed by atoms with E-state index in [1.807, 2.05) is 37.3 Å². The van der Waals surface area contributed by atoms with Crippen LogP contribution in [0.3, 0.4) is 0 Å². The van der Waals surface area contributed by atoms with Crippen molar-refractivity contribution in [3.63, 3.8) is 0 Å². The van der Waals surface area contributed by atoms with Gasteiger partial charge in [-0.05, 0) is 24.6 Å². The molecule has 2 aromatic heterocycles. The summed E-state index contributed by atoms with van der Waals surface area (Å²) in [4.78, 5) is 27.9. The van der Waals surface area contributed by atoms with Crippen molar-refractivity contribution in [3.8, 4) is 0 Å². The van der Waals surface area contributed by atoms with Crippen molar-refractivity contribution in [2.45, 2.75) is 19.9 Å². The summed E-state index contributed by atoms with van der Waals surface area (Å²) in [7, 11) is 0. The molecule has 0 unspecified atom stereocenters. The zero-order chi connectivity index (χ0) is 16.4. The van der Waals surface area contributed by atoms with Crippen LogP contribution in [0.1, 0.15) is 28.5 Å². The summed E-state index contributed by atoms with van der Waals surface area (Å²) in [5.41, 5.74) is 1.55. The maximum atomic E-state index is 12.2. The third-order valence-corrected chi connectivity index (χ3v) is 3.77. The van der Waals surface area contributed by atoms with Crippen LogP contribution in [0.15, 0.2) is 53.5 Å². The summed E-state index contributed by atoms with van der Waals surface area (Å²) in [6.07, 6.45) is 1.95. The molecule has 0 saturated heterocycles. The first kappa shape index (κ1) is 15.0. The predicted molar refractivity (Wildman–Crippen MR) is 85.3 cm³/mol. The highest BCUT2D eigenvalue weighted by molar-refractivity contribution is 5.90. The zero-order valence-electron chi connectivity index (χ0n) is 12.7. The van der Waals surface area contributed by atoms with Crippen LogP contribution in [0.5, 0.6) is 0 Å². The molecule has 0 spiro atoms. The van der Waals surface area contributed by atoms with Gasteiger partial charge in [0, 0.05) is 24.9 Å². The van der Waals surface area contributed by atoms with E-state index in [1.54, 1.807) is 16.7 Å². The molecule has 0 N–H and O–H groups in total. The molecular weight excluding hydrogens is 292 g/mol. The van der Waals surface area contributed by atoms with E-state index in [0.29, 0.717) is 24.0 Å². The molecule has 3 aromatic rings. The van der Waals surface area contributed by atoms with Crippen molar-refractivity contribution in [2.24, 2.45) is 0 Å². The minimum absolute atomic E-state index is 0.297. The van der Waals surface area contributed by atoms with Crippen LogP contribution in [0.25, 0.3) is 11.0 Å². The fourth-order valence-electron chi connectivity index (χ4n) is 2.59. The van der Waals surface area contributed by atoms with Crippen LogP contribution in [-0.4, -0.2) is 15.5 Å². The van der Waals surface area contributed by atoms with Crippen LogP contribution >= 0.6 is 0 Å². The summed E-state index contributed by atoms with van der Waals surface area (Å²) in [6, 6.07) is 13.3. The van der Waals surface area contributed by atoms with Gasteiger partial charge in [0.2, 0.25) is 0 Å². The van der Waals surface area contributed by atoms with Gasteiger partial charge in [0.05, 0.1) is 16.9 Å². The molecule has 0 fully saturated rings. The standard InChI is InChI=1S/C18H16N2O3/c1-2-20-11-15(18(22)23)16(21)14-9-8-13(19-17(14)20)10-12-6-4-3-5-7-12/h3-9,11H,2,10H2,1H3,(H,22,23)/p-1. The molecule has 0 amide bonds. The van der Waals surface area contributed by atoms with Gasteiger partial charge in [0.1, 0.15) is 5.65 Å². The largest absolute Gasteiger partial charge is 0.545 e. The zero-order valence-corrected chi connectivity index (χ0v) is 12.7. The Balaban J connectivity index is 2.14. The van der Waals surface area contributed by atoms with Crippen LogP contribution in [0.4, 0.5) is 0 Å². The molecule has 0 aliphatic heterocycles. The number of hydrogen-bond acceptors (Lipinski definition) is 4. The van der Waals surface area contributed by atoms with Gasteiger partial charge in [-0.2, -0.15) is 0 Å². The molecule has 116 valence electrons. The van der Waals surface area contributed by atoms with Gasteiger partial charge < -0.3 is 14.5 Å². The lowest BCUT2D eigenvalue weighted by Gasteiger charge is -2.12. The summed E-state index contributed by atoms with van der Waals surface area (Å²) in [6.45, 7) is 2.38. The van der Waals surface area contributed by atoms with Crippen LogP contribution < -0.4 is 10.5 Å². The Hall–Kier alpha value is -2.95. The van der Waals surface area contributed by atoms with Crippen molar-refractivity contribution in [3.05, 3.63) is 75.7 Å². The molecule has 0 aliphatic carbocycles. The quantitative estimate of drug-likeness (QED) is 0.729. The Kier molecular flexibility index (Phi) is 3.93. The van der Waals surface area contributed by atoms with Gasteiger partial charge in [-0.1, -0.05) is 30.3 Å². The molecule has 0 radical (unpaired) electrons. The smallest absolute Gasteiger partial charge is 0.200 e. The molecule has 0 saturated carbocycles. The Morgan fingerprint density at radius 3 is 2.57 bits per heavy atom. The van der Waals surface area contributed by atoms with E-state index >= 15 is 0 Å². The predicted octanol–water partition coefficient (Wildman–Crippen LogP) is 1.37. The lowest BCUT2D eigenvalue weighted by atomic mass is 10.1. The Morgan fingerprint density at radius 2 is 1.91 bits per heavy atom. The number of carbonyl (C=O) groups is 1. The SMILES string of the molecule is CCn1cc(C(=O)[O-])c(=O)c2ccc(Cc3ccccc3)nc21. The van der Waals surface area contributed by atoms with E-state index in [-0.39, 0.29) is 5.56 Å². The number of nitrogens with zero attached hydrogens (tertiary/aromatic N) is 2. The maximum Gasteiger partial charge on any atom is 0.200 e. The van der Waals surface area contributed by atoms with Gasteiger partial charge in [-0.3, -0.25) is 4.79 Å². The van der Waals surface area contributed by atoms with Crippen molar-refractivity contribution >= 4 is 17.0 Å². The molecule has 23 heavy (non-hydrogen) atoms. The number of fused-ring (bicyclic) bond motifs is 1. The first-order valence-corrected chi connectivity index (χ1v) is 7.38. The number of carboxylic acids is 1. The van der Waals surface area contributed by atoms with Gasteiger partial charge in [-0.25, -0.2) is 4.98 Å². The number of aromatic nitrogens is 2. The molecule has 0 aliphatic rings. The third kappa shape index (κ3) is 2.85. The number of carboxylic acid groups (broad SMARTS) is 1.